The third-order valence-electron chi connectivity index (χ3n) is 6.01. The van der Waals surface area contributed by atoms with Gasteiger partial charge in [-0.25, -0.2) is 9.59 Å². The molecule has 1 saturated heterocycles. The first kappa shape index (κ1) is 24.2. The van der Waals surface area contributed by atoms with Crippen LogP contribution in [0.4, 0.5) is 16.2 Å². The summed E-state index contributed by atoms with van der Waals surface area (Å²) in [7, 11) is 0. The molecule has 35 heavy (non-hydrogen) atoms. The summed E-state index contributed by atoms with van der Waals surface area (Å²) in [6.07, 6.45) is 1.52. The fraction of sp³-hybridized carbons (Fsp3) is 0.296. The molecule has 1 heterocycles. The van der Waals surface area contributed by atoms with Gasteiger partial charge in [0.1, 0.15) is 0 Å². The van der Waals surface area contributed by atoms with E-state index in [0.717, 1.165) is 42.4 Å². The number of hydrogen-bond acceptors (Lipinski definition) is 5. The number of ether oxygens (including phenoxy) is 1. The maximum absolute atomic E-state index is 12.6. The second kappa shape index (κ2) is 11.5. The smallest absolute Gasteiger partial charge is 0.338 e. The summed E-state index contributed by atoms with van der Waals surface area (Å²) in [5.74, 6) is -0.433. The summed E-state index contributed by atoms with van der Waals surface area (Å²) >= 11 is 0. The number of amides is 3. The number of nitrogens with zero attached hydrogens (tertiary/aromatic N) is 1. The topological polar surface area (TPSA) is 99.8 Å². The zero-order valence-electron chi connectivity index (χ0n) is 19.8. The Kier molecular flexibility index (Phi) is 7.95. The zero-order valence-corrected chi connectivity index (χ0v) is 19.8. The molecule has 3 aromatic rings. The Bertz CT molecular complexity index is 1180. The summed E-state index contributed by atoms with van der Waals surface area (Å²) in [4.78, 5) is 38.8. The van der Waals surface area contributed by atoms with E-state index in [2.05, 4.69) is 20.9 Å². The molecule has 3 amide bonds. The number of carbonyl (C=O) groups excluding carboxylic acids is 3. The molecule has 1 aliphatic heterocycles. The molecular weight excluding hydrogens is 444 g/mol. The van der Waals surface area contributed by atoms with Crippen molar-refractivity contribution in [2.75, 3.05) is 36.9 Å². The van der Waals surface area contributed by atoms with E-state index < -0.39 is 0 Å². The van der Waals surface area contributed by atoms with Crippen LogP contribution >= 0.6 is 0 Å². The van der Waals surface area contributed by atoms with Gasteiger partial charge in [-0.1, -0.05) is 36.4 Å². The molecule has 1 fully saturated rings. The van der Waals surface area contributed by atoms with Crippen molar-refractivity contribution in [2.24, 2.45) is 0 Å². The second-order valence-corrected chi connectivity index (χ2v) is 8.52. The normalized spacial score (nSPS) is 14.3. The zero-order chi connectivity index (χ0) is 24.6. The van der Waals surface area contributed by atoms with Crippen LogP contribution in [0.1, 0.15) is 30.1 Å². The van der Waals surface area contributed by atoms with Crippen molar-refractivity contribution in [2.45, 2.75) is 25.8 Å². The first-order chi connectivity index (χ1) is 17.0. The number of rotatable bonds is 7. The Morgan fingerprint density at radius 3 is 2.37 bits per heavy atom. The SMILES string of the molecule is CCOC(=O)c1ccc(NC(=O)NC2CCN(CC(=O)Nc3cccc4ccccc34)CC2)cc1. The number of benzene rings is 3. The van der Waals surface area contributed by atoms with E-state index in [1.165, 1.54) is 0 Å². The van der Waals surface area contributed by atoms with E-state index in [-0.39, 0.29) is 23.9 Å². The van der Waals surface area contributed by atoms with Crippen molar-refractivity contribution in [1.29, 1.82) is 0 Å². The standard InChI is InChI=1S/C27H30N4O4/c1-2-35-26(33)20-10-12-21(13-11-20)28-27(34)29-22-14-16-31(17-15-22)18-25(32)30-24-9-5-7-19-6-3-4-8-23(19)24/h3-13,22H,2,14-18H2,1H3,(H,30,32)(H2,28,29,34). The Labute approximate surface area is 204 Å². The van der Waals surface area contributed by atoms with Crippen LogP contribution in [0.15, 0.2) is 66.7 Å². The van der Waals surface area contributed by atoms with Crippen molar-refractivity contribution in [1.82, 2.24) is 10.2 Å². The summed E-state index contributed by atoms with van der Waals surface area (Å²) in [6.45, 7) is 3.83. The van der Waals surface area contributed by atoms with E-state index in [1.54, 1.807) is 31.2 Å². The van der Waals surface area contributed by atoms with Gasteiger partial charge >= 0.3 is 12.0 Å². The van der Waals surface area contributed by atoms with Gasteiger partial charge in [0.05, 0.1) is 18.7 Å². The van der Waals surface area contributed by atoms with E-state index in [0.29, 0.717) is 24.4 Å². The molecule has 0 atom stereocenters. The molecule has 0 unspecified atom stereocenters. The first-order valence-corrected chi connectivity index (χ1v) is 11.9. The molecule has 0 bridgehead atoms. The number of hydrogen-bond donors (Lipinski definition) is 3. The number of likely N-dealkylation sites (tertiary alicyclic amines) is 1. The lowest BCUT2D eigenvalue weighted by Gasteiger charge is -2.31. The van der Waals surface area contributed by atoms with Gasteiger partial charge in [-0.05, 0) is 55.5 Å². The van der Waals surface area contributed by atoms with Crippen molar-refractivity contribution >= 4 is 40.1 Å². The third-order valence-corrected chi connectivity index (χ3v) is 6.01. The predicted octanol–water partition coefficient (Wildman–Crippen LogP) is 4.24. The first-order valence-electron chi connectivity index (χ1n) is 11.9. The minimum atomic E-state index is -0.388. The average molecular weight is 475 g/mol. The van der Waals surface area contributed by atoms with E-state index in [1.807, 2.05) is 42.5 Å². The quantitative estimate of drug-likeness (QED) is 0.445. The van der Waals surface area contributed by atoms with Crippen LogP contribution in [-0.2, 0) is 9.53 Å². The molecular formula is C27H30N4O4. The van der Waals surface area contributed by atoms with Gasteiger partial charge in [0.2, 0.25) is 5.91 Å². The van der Waals surface area contributed by atoms with Gasteiger partial charge < -0.3 is 20.7 Å². The molecule has 4 rings (SSSR count). The van der Waals surface area contributed by atoms with Crippen molar-refractivity contribution < 1.29 is 19.1 Å². The van der Waals surface area contributed by atoms with Gasteiger partial charge in [-0.2, -0.15) is 0 Å². The van der Waals surface area contributed by atoms with Crippen LogP contribution in [0, 0.1) is 0 Å². The minimum Gasteiger partial charge on any atom is -0.462 e. The van der Waals surface area contributed by atoms with Gasteiger partial charge in [0, 0.05) is 35.9 Å². The molecule has 1 aliphatic rings. The van der Waals surface area contributed by atoms with Gasteiger partial charge in [-0.3, -0.25) is 9.69 Å². The molecule has 0 radical (unpaired) electrons. The van der Waals surface area contributed by atoms with Crippen LogP contribution in [0.5, 0.6) is 0 Å². The molecule has 0 spiro atoms. The average Bonchev–Trinajstić information content (AvgIpc) is 2.86. The van der Waals surface area contributed by atoms with Crippen LogP contribution in [0.3, 0.4) is 0 Å². The van der Waals surface area contributed by atoms with Crippen LogP contribution < -0.4 is 16.0 Å². The highest BCUT2D eigenvalue weighted by atomic mass is 16.5. The molecule has 0 saturated carbocycles. The Balaban J connectivity index is 1.20. The number of fused-ring (bicyclic) bond motifs is 1. The number of nitrogens with one attached hydrogen (secondary N) is 3. The molecule has 0 aromatic heterocycles. The maximum atomic E-state index is 12.6. The van der Waals surface area contributed by atoms with Gasteiger partial charge in [-0.15, -0.1) is 0 Å². The highest BCUT2D eigenvalue weighted by molar-refractivity contribution is 6.02. The molecule has 8 heteroatoms. The Morgan fingerprint density at radius 1 is 0.914 bits per heavy atom. The summed E-state index contributed by atoms with van der Waals surface area (Å²) in [5, 5.41) is 10.9. The molecule has 3 N–H and O–H groups in total. The lowest BCUT2D eigenvalue weighted by atomic mass is 10.1. The van der Waals surface area contributed by atoms with E-state index >= 15 is 0 Å². The summed E-state index contributed by atoms with van der Waals surface area (Å²) in [5.41, 5.74) is 1.85. The lowest BCUT2D eigenvalue weighted by Crippen LogP contribution is -2.47. The van der Waals surface area contributed by atoms with E-state index in [4.69, 9.17) is 4.74 Å². The Morgan fingerprint density at radius 2 is 1.63 bits per heavy atom. The van der Waals surface area contributed by atoms with Crippen molar-refractivity contribution in [3.63, 3.8) is 0 Å². The van der Waals surface area contributed by atoms with Crippen LogP contribution in [0.2, 0.25) is 0 Å². The largest absolute Gasteiger partial charge is 0.462 e. The summed E-state index contributed by atoms with van der Waals surface area (Å²) < 4.78 is 4.96. The van der Waals surface area contributed by atoms with Crippen LogP contribution in [-0.4, -0.2) is 55.1 Å². The highest BCUT2D eigenvalue weighted by Gasteiger charge is 2.22. The number of piperidine rings is 1. The number of esters is 1. The number of urea groups is 1. The molecule has 0 aliphatic carbocycles. The van der Waals surface area contributed by atoms with E-state index in [9.17, 15) is 14.4 Å². The molecule has 3 aromatic carbocycles. The highest BCUT2D eigenvalue weighted by Crippen LogP contribution is 2.23. The lowest BCUT2D eigenvalue weighted by molar-refractivity contribution is -0.117. The fourth-order valence-corrected chi connectivity index (χ4v) is 4.22. The van der Waals surface area contributed by atoms with Crippen LogP contribution in [0.25, 0.3) is 10.8 Å². The Hall–Kier alpha value is -3.91. The minimum absolute atomic E-state index is 0.0335. The van der Waals surface area contributed by atoms with Crippen molar-refractivity contribution in [3.8, 4) is 0 Å². The molecule has 182 valence electrons. The van der Waals surface area contributed by atoms with Gasteiger partial charge in [0.25, 0.3) is 0 Å². The number of carbonyl (C=O) groups is 3. The molecule has 8 nitrogen and oxygen atoms in total. The second-order valence-electron chi connectivity index (χ2n) is 8.52. The monoisotopic (exact) mass is 474 g/mol. The van der Waals surface area contributed by atoms with Gasteiger partial charge in [0.15, 0.2) is 0 Å². The number of anilines is 2. The predicted molar refractivity (Wildman–Crippen MR) is 137 cm³/mol. The van der Waals surface area contributed by atoms with Crippen molar-refractivity contribution in [3.05, 3.63) is 72.3 Å². The fourth-order valence-electron chi connectivity index (χ4n) is 4.22. The summed E-state index contributed by atoms with van der Waals surface area (Å²) in [6, 6.07) is 20.2. The maximum Gasteiger partial charge on any atom is 0.338 e. The third kappa shape index (κ3) is 6.58.